The van der Waals surface area contributed by atoms with Gasteiger partial charge in [-0.2, -0.15) is 5.10 Å². The third kappa shape index (κ3) is 3.47. The summed E-state index contributed by atoms with van der Waals surface area (Å²) in [7, 11) is 1.85. The van der Waals surface area contributed by atoms with Crippen molar-refractivity contribution in [3.63, 3.8) is 0 Å². The molecule has 0 spiro atoms. The van der Waals surface area contributed by atoms with Gasteiger partial charge in [-0.25, -0.2) is 0 Å². The highest BCUT2D eigenvalue weighted by atomic mass is 16.5. The minimum atomic E-state index is -0.184. The summed E-state index contributed by atoms with van der Waals surface area (Å²) in [6.07, 6.45) is 3.06. The normalized spacial score (nSPS) is 12.8. The Hall–Kier alpha value is -2.50. The van der Waals surface area contributed by atoms with Gasteiger partial charge < -0.3 is 14.8 Å². The van der Waals surface area contributed by atoms with E-state index in [1.165, 1.54) is 0 Å². The molecule has 0 fully saturated rings. The average molecular weight is 315 g/mol. The molecule has 1 heterocycles. The Morgan fingerprint density at radius 1 is 1.22 bits per heavy atom. The molecule has 0 atom stereocenters. The maximum Gasteiger partial charge on any atom is 0.263 e. The van der Waals surface area contributed by atoms with Crippen LogP contribution < -0.4 is 14.8 Å². The Morgan fingerprint density at radius 3 is 2.61 bits per heavy atom. The number of hydrogen-bond donors (Lipinski definition) is 1. The summed E-state index contributed by atoms with van der Waals surface area (Å²) in [6.45, 7) is 2.52. The van der Waals surface area contributed by atoms with Crippen LogP contribution in [0.3, 0.4) is 0 Å². The number of anilines is 1. The number of ether oxygens (including phenoxy) is 2. The van der Waals surface area contributed by atoms with Crippen molar-refractivity contribution >= 4 is 11.7 Å². The van der Waals surface area contributed by atoms with E-state index in [2.05, 4.69) is 10.4 Å². The Labute approximate surface area is 135 Å². The van der Waals surface area contributed by atoms with E-state index >= 15 is 0 Å². The van der Waals surface area contributed by atoms with E-state index in [0.717, 1.165) is 42.1 Å². The molecule has 1 amide bonds. The van der Waals surface area contributed by atoms with Gasteiger partial charge in [0.1, 0.15) is 17.3 Å². The fourth-order valence-electron chi connectivity index (χ4n) is 2.79. The molecule has 0 radical (unpaired) electrons. The first kappa shape index (κ1) is 15.4. The second-order valence-electron chi connectivity index (χ2n) is 5.49. The van der Waals surface area contributed by atoms with E-state index in [-0.39, 0.29) is 12.5 Å². The Kier molecular flexibility index (Phi) is 4.50. The number of rotatable bonds is 6. The van der Waals surface area contributed by atoms with Gasteiger partial charge in [0.05, 0.1) is 12.3 Å². The molecule has 23 heavy (non-hydrogen) atoms. The first-order valence-electron chi connectivity index (χ1n) is 7.87. The summed E-state index contributed by atoms with van der Waals surface area (Å²) in [5.41, 5.74) is 2.25. The van der Waals surface area contributed by atoms with Crippen LogP contribution in [-0.2, 0) is 24.7 Å². The average Bonchev–Trinajstić information content (AvgIpc) is 3.10. The number of aryl methyl sites for hydroxylation is 2. The van der Waals surface area contributed by atoms with Gasteiger partial charge in [0.25, 0.3) is 5.91 Å². The van der Waals surface area contributed by atoms with Crippen molar-refractivity contribution in [2.75, 3.05) is 18.5 Å². The van der Waals surface area contributed by atoms with Crippen molar-refractivity contribution in [2.45, 2.75) is 26.2 Å². The molecule has 122 valence electrons. The second-order valence-corrected chi connectivity index (χ2v) is 5.49. The zero-order valence-electron chi connectivity index (χ0n) is 13.5. The lowest BCUT2D eigenvalue weighted by atomic mass is 10.2. The number of fused-ring (bicyclic) bond motifs is 1. The highest BCUT2D eigenvalue weighted by Crippen LogP contribution is 2.28. The van der Waals surface area contributed by atoms with Crippen molar-refractivity contribution in [1.82, 2.24) is 9.78 Å². The van der Waals surface area contributed by atoms with Crippen molar-refractivity contribution in [1.29, 1.82) is 0 Å². The van der Waals surface area contributed by atoms with E-state index in [4.69, 9.17) is 9.47 Å². The van der Waals surface area contributed by atoms with Crippen LogP contribution in [0.4, 0.5) is 5.82 Å². The molecule has 1 aromatic heterocycles. The lowest BCUT2D eigenvalue weighted by Gasteiger charge is -2.09. The number of nitrogens with one attached hydrogen (secondary N) is 1. The molecule has 1 aliphatic rings. The predicted octanol–water partition coefficient (Wildman–Crippen LogP) is 2.33. The van der Waals surface area contributed by atoms with Gasteiger partial charge in [-0.1, -0.05) is 0 Å². The number of amides is 1. The number of carbonyl (C=O) groups excluding carboxylic acids is 1. The third-order valence-electron chi connectivity index (χ3n) is 3.83. The third-order valence-corrected chi connectivity index (χ3v) is 3.83. The fraction of sp³-hybridized carbons (Fsp3) is 0.412. The Bertz CT molecular complexity index is 692. The van der Waals surface area contributed by atoms with Crippen LogP contribution in [0.5, 0.6) is 11.5 Å². The van der Waals surface area contributed by atoms with Gasteiger partial charge in [-0.05, 0) is 50.5 Å². The molecule has 1 N–H and O–H groups in total. The number of hydrogen-bond acceptors (Lipinski definition) is 4. The van der Waals surface area contributed by atoms with Crippen LogP contribution in [0, 0.1) is 0 Å². The lowest BCUT2D eigenvalue weighted by Crippen LogP contribution is -2.22. The molecule has 1 aromatic carbocycles. The molecule has 0 bridgehead atoms. The van der Waals surface area contributed by atoms with Crippen LogP contribution >= 0.6 is 0 Å². The highest BCUT2D eigenvalue weighted by molar-refractivity contribution is 5.92. The highest BCUT2D eigenvalue weighted by Gasteiger charge is 2.22. The molecule has 0 unspecified atom stereocenters. The number of carbonyl (C=O) groups is 1. The maximum atomic E-state index is 12.1. The monoisotopic (exact) mass is 315 g/mol. The Morgan fingerprint density at radius 2 is 1.91 bits per heavy atom. The molecule has 0 saturated heterocycles. The van der Waals surface area contributed by atoms with Crippen molar-refractivity contribution in [2.24, 2.45) is 7.05 Å². The van der Waals surface area contributed by atoms with E-state index in [9.17, 15) is 4.79 Å². The smallest absolute Gasteiger partial charge is 0.263 e. The summed E-state index contributed by atoms with van der Waals surface area (Å²) in [5, 5.41) is 7.34. The largest absolute Gasteiger partial charge is 0.494 e. The van der Waals surface area contributed by atoms with Gasteiger partial charge in [-0.15, -0.1) is 0 Å². The molecule has 6 nitrogen and oxygen atoms in total. The van der Waals surface area contributed by atoms with Crippen LogP contribution in [-0.4, -0.2) is 28.9 Å². The molecule has 6 heteroatoms. The fourth-order valence-corrected chi connectivity index (χ4v) is 2.79. The van der Waals surface area contributed by atoms with Crippen LogP contribution in [0.25, 0.3) is 0 Å². The molecular weight excluding hydrogens is 294 g/mol. The summed E-state index contributed by atoms with van der Waals surface area (Å²) in [4.78, 5) is 12.1. The van der Waals surface area contributed by atoms with Gasteiger partial charge in [-0.3, -0.25) is 9.48 Å². The van der Waals surface area contributed by atoms with Crippen LogP contribution in [0.2, 0.25) is 0 Å². The number of benzene rings is 1. The van der Waals surface area contributed by atoms with Crippen molar-refractivity contribution in [3.05, 3.63) is 35.5 Å². The first-order valence-corrected chi connectivity index (χ1v) is 7.87. The zero-order chi connectivity index (χ0) is 16.2. The molecule has 2 aromatic rings. The molecule has 0 aliphatic heterocycles. The first-order chi connectivity index (χ1) is 11.2. The minimum Gasteiger partial charge on any atom is -0.494 e. The molecule has 0 saturated carbocycles. The number of nitrogens with zero attached hydrogens (tertiary/aromatic N) is 2. The van der Waals surface area contributed by atoms with Gasteiger partial charge in [0.15, 0.2) is 6.61 Å². The zero-order valence-corrected chi connectivity index (χ0v) is 13.5. The topological polar surface area (TPSA) is 65.4 Å². The van der Waals surface area contributed by atoms with Crippen LogP contribution in [0.1, 0.15) is 24.6 Å². The summed E-state index contributed by atoms with van der Waals surface area (Å²) in [6, 6.07) is 7.23. The lowest BCUT2D eigenvalue weighted by molar-refractivity contribution is -0.118. The van der Waals surface area contributed by atoms with Gasteiger partial charge >= 0.3 is 0 Å². The summed E-state index contributed by atoms with van der Waals surface area (Å²) in [5.74, 6) is 2.03. The summed E-state index contributed by atoms with van der Waals surface area (Å²) < 4.78 is 12.6. The van der Waals surface area contributed by atoms with Crippen LogP contribution in [0.15, 0.2) is 24.3 Å². The molecule has 3 rings (SSSR count). The molecular formula is C17H21N3O3. The second kappa shape index (κ2) is 6.73. The maximum absolute atomic E-state index is 12.1. The number of aromatic nitrogens is 2. The molecule has 1 aliphatic carbocycles. The predicted molar refractivity (Wildman–Crippen MR) is 87.0 cm³/mol. The Balaban J connectivity index is 1.56. The van der Waals surface area contributed by atoms with Crippen molar-refractivity contribution in [3.8, 4) is 11.5 Å². The summed E-state index contributed by atoms with van der Waals surface area (Å²) >= 11 is 0. The SMILES string of the molecule is CCOc1ccc(OCC(=O)Nc2c3c(nn2C)CCC3)cc1. The van der Waals surface area contributed by atoms with Gasteiger partial charge in [0.2, 0.25) is 0 Å². The van der Waals surface area contributed by atoms with Crippen molar-refractivity contribution < 1.29 is 14.3 Å². The standard InChI is InChI=1S/C17H21N3O3/c1-3-22-12-7-9-13(10-8-12)23-11-16(21)18-17-14-5-4-6-15(14)19-20(17)2/h7-10H,3-6,11H2,1-2H3,(H,18,21). The van der Waals surface area contributed by atoms with E-state index in [1.54, 1.807) is 16.8 Å². The van der Waals surface area contributed by atoms with E-state index in [1.807, 2.05) is 26.1 Å². The quantitative estimate of drug-likeness (QED) is 0.888. The van der Waals surface area contributed by atoms with E-state index < -0.39 is 0 Å². The van der Waals surface area contributed by atoms with E-state index in [0.29, 0.717) is 12.4 Å². The minimum absolute atomic E-state index is 0.0338. The van der Waals surface area contributed by atoms with Gasteiger partial charge in [0, 0.05) is 12.6 Å².